The zero-order valence-electron chi connectivity index (χ0n) is 13.5. The number of ether oxygens (including phenoxy) is 1. The summed E-state index contributed by atoms with van der Waals surface area (Å²) in [5.41, 5.74) is 1.67. The highest BCUT2D eigenvalue weighted by atomic mass is 32.2. The maximum absolute atomic E-state index is 12.3. The second-order valence-electron chi connectivity index (χ2n) is 6.13. The van der Waals surface area contributed by atoms with Crippen LogP contribution in [-0.4, -0.2) is 22.1 Å². The van der Waals surface area contributed by atoms with Crippen LogP contribution in [0.1, 0.15) is 37.8 Å². The van der Waals surface area contributed by atoms with E-state index in [0.717, 1.165) is 22.8 Å². The summed E-state index contributed by atoms with van der Waals surface area (Å²) in [6.45, 7) is 0. The molecule has 0 amide bonds. The van der Waals surface area contributed by atoms with E-state index in [9.17, 15) is 4.21 Å². The van der Waals surface area contributed by atoms with E-state index in [0.29, 0.717) is 17.6 Å². The molecule has 0 N–H and O–H groups in total. The van der Waals surface area contributed by atoms with Crippen LogP contribution in [-0.2, 0) is 16.6 Å². The molecule has 1 aromatic heterocycles. The lowest BCUT2D eigenvalue weighted by Crippen LogP contribution is -2.15. The Morgan fingerprint density at radius 1 is 1.22 bits per heavy atom. The van der Waals surface area contributed by atoms with E-state index in [1.165, 1.54) is 32.1 Å². The molecule has 1 aliphatic rings. The maximum Gasteiger partial charge on any atom is 0.226 e. The summed E-state index contributed by atoms with van der Waals surface area (Å²) in [6.07, 6.45) is 7.97. The van der Waals surface area contributed by atoms with E-state index in [-0.39, 0.29) is 0 Å². The van der Waals surface area contributed by atoms with Gasteiger partial charge < -0.3 is 9.15 Å². The summed E-state index contributed by atoms with van der Waals surface area (Å²) in [6, 6.07) is 7.57. The van der Waals surface area contributed by atoms with Crippen LogP contribution < -0.4 is 4.74 Å². The molecule has 1 atom stereocenters. The Labute approximate surface area is 139 Å². The van der Waals surface area contributed by atoms with Gasteiger partial charge >= 0.3 is 0 Å². The van der Waals surface area contributed by atoms with Crippen molar-refractivity contribution in [1.82, 2.24) is 4.98 Å². The zero-order chi connectivity index (χ0) is 16.1. The summed E-state index contributed by atoms with van der Waals surface area (Å²) in [7, 11) is 0.780. The first kappa shape index (κ1) is 16.2. The molecule has 1 aliphatic carbocycles. The first-order valence-corrected chi connectivity index (χ1v) is 9.67. The van der Waals surface area contributed by atoms with Crippen LogP contribution in [0.25, 0.3) is 11.5 Å². The minimum absolute atomic E-state index is 0.482. The van der Waals surface area contributed by atoms with E-state index in [2.05, 4.69) is 4.98 Å². The van der Waals surface area contributed by atoms with E-state index < -0.39 is 10.8 Å². The van der Waals surface area contributed by atoms with Crippen molar-refractivity contribution in [3.05, 3.63) is 36.2 Å². The number of nitrogens with zero attached hydrogens (tertiary/aromatic N) is 1. The molecule has 4 nitrogen and oxygen atoms in total. The van der Waals surface area contributed by atoms with Crippen molar-refractivity contribution < 1.29 is 13.4 Å². The summed E-state index contributed by atoms with van der Waals surface area (Å²) < 4.78 is 23.0. The average Bonchev–Trinajstić information content (AvgIpc) is 3.04. The second-order valence-corrected chi connectivity index (χ2v) is 7.63. The zero-order valence-corrected chi connectivity index (χ0v) is 14.3. The van der Waals surface area contributed by atoms with Gasteiger partial charge in [0.05, 0.1) is 18.6 Å². The molecule has 0 aliphatic heterocycles. The van der Waals surface area contributed by atoms with Crippen LogP contribution in [0.15, 0.2) is 34.9 Å². The van der Waals surface area contributed by atoms with Crippen molar-refractivity contribution in [3.63, 3.8) is 0 Å². The fourth-order valence-electron chi connectivity index (χ4n) is 3.08. The molecule has 23 heavy (non-hydrogen) atoms. The number of aromatic nitrogens is 1. The molecule has 3 rings (SSSR count). The van der Waals surface area contributed by atoms with Gasteiger partial charge in [0.25, 0.3) is 0 Å². The molecule has 0 spiro atoms. The van der Waals surface area contributed by atoms with Crippen molar-refractivity contribution >= 4 is 10.8 Å². The fraction of sp³-hybridized carbons (Fsp3) is 0.500. The number of methoxy groups -OCH3 is 1. The summed E-state index contributed by atoms with van der Waals surface area (Å²) in [5, 5.41) is 0. The third-order valence-corrected chi connectivity index (χ3v) is 5.80. The lowest BCUT2D eigenvalue weighted by Gasteiger charge is -2.20. The highest BCUT2D eigenvalue weighted by Gasteiger charge is 2.17. The molecular formula is C18H23NO3S. The molecule has 0 radical (unpaired) electrons. The molecule has 1 heterocycles. The predicted octanol–water partition coefficient (Wildman–Crippen LogP) is 4.18. The first-order valence-electron chi connectivity index (χ1n) is 8.18. The topological polar surface area (TPSA) is 52.3 Å². The molecule has 1 unspecified atom stereocenters. The van der Waals surface area contributed by atoms with Gasteiger partial charge in [0.1, 0.15) is 12.0 Å². The third kappa shape index (κ3) is 4.44. The van der Waals surface area contributed by atoms with E-state index in [4.69, 9.17) is 9.15 Å². The Morgan fingerprint density at radius 2 is 1.96 bits per heavy atom. The monoisotopic (exact) mass is 333 g/mol. The Balaban J connectivity index is 1.58. The van der Waals surface area contributed by atoms with Crippen molar-refractivity contribution in [2.45, 2.75) is 37.9 Å². The molecule has 2 aromatic rings. The Morgan fingerprint density at radius 3 is 2.65 bits per heavy atom. The molecular weight excluding hydrogens is 310 g/mol. The molecule has 124 valence electrons. The van der Waals surface area contributed by atoms with Crippen LogP contribution in [0, 0.1) is 5.92 Å². The highest BCUT2D eigenvalue weighted by Crippen LogP contribution is 2.25. The number of hydrogen-bond donors (Lipinski definition) is 0. The van der Waals surface area contributed by atoms with Crippen molar-refractivity contribution in [3.8, 4) is 17.2 Å². The molecule has 0 bridgehead atoms. The first-order chi connectivity index (χ1) is 11.2. The van der Waals surface area contributed by atoms with E-state index in [1.807, 2.05) is 24.3 Å². The number of rotatable bonds is 6. The van der Waals surface area contributed by atoms with Gasteiger partial charge in [0.2, 0.25) is 5.89 Å². The van der Waals surface area contributed by atoms with Gasteiger partial charge in [-0.2, -0.15) is 0 Å². The maximum atomic E-state index is 12.3. The van der Waals surface area contributed by atoms with Crippen LogP contribution in [0.5, 0.6) is 5.75 Å². The minimum atomic E-state index is -0.859. The van der Waals surface area contributed by atoms with Gasteiger partial charge in [0.15, 0.2) is 0 Å². The van der Waals surface area contributed by atoms with E-state index in [1.54, 1.807) is 13.4 Å². The quantitative estimate of drug-likeness (QED) is 0.796. The van der Waals surface area contributed by atoms with Gasteiger partial charge in [0, 0.05) is 22.1 Å². The van der Waals surface area contributed by atoms with Gasteiger partial charge in [-0.25, -0.2) is 4.98 Å². The number of hydrogen-bond acceptors (Lipinski definition) is 4. The van der Waals surface area contributed by atoms with Crippen molar-refractivity contribution in [1.29, 1.82) is 0 Å². The molecule has 0 saturated heterocycles. The van der Waals surface area contributed by atoms with Crippen molar-refractivity contribution in [2.75, 3.05) is 12.9 Å². The average molecular weight is 333 g/mol. The smallest absolute Gasteiger partial charge is 0.226 e. The molecule has 5 heteroatoms. The van der Waals surface area contributed by atoms with Gasteiger partial charge in [-0.3, -0.25) is 4.21 Å². The molecule has 1 aromatic carbocycles. The van der Waals surface area contributed by atoms with Gasteiger partial charge in [-0.05, 0) is 43.0 Å². The van der Waals surface area contributed by atoms with Crippen LogP contribution in [0.4, 0.5) is 0 Å². The molecule has 1 saturated carbocycles. The molecule has 1 fully saturated rings. The Hall–Kier alpha value is -1.62. The third-order valence-electron chi connectivity index (χ3n) is 4.34. The lowest BCUT2D eigenvalue weighted by molar-refractivity contribution is 0.388. The number of oxazole rings is 1. The van der Waals surface area contributed by atoms with Crippen molar-refractivity contribution in [2.24, 2.45) is 5.92 Å². The van der Waals surface area contributed by atoms with Gasteiger partial charge in [-0.15, -0.1) is 0 Å². The lowest BCUT2D eigenvalue weighted by atomic mass is 9.91. The van der Waals surface area contributed by atoms with Gasteiger partial charge in [-0.1, -0.05) is 19.3 Å². The standard InChI is InChI=1S/C18H23NO3S/c1-21-17-9-7-15(8-10-17)18-19-16(11-22-18)13-23(20)12-14-5-3-2-4-6-14/h7-11,14H,2-6,12-13H2,1H3. The highest BCUT2D eigenvalue weighted by molar-refractivity contribution is 7.84. The normalized spacial score (nSPS) is 17.1. The Kier molecular flexibility index (Phi) is 5.49. The SMILES string of the molecule is COc1ccc(-c2nc(CS(=O)CC3CCCCC3)co2)cc1. The largest absolute Gasteiger partial charge is 0.497 e. The van der Waals surface area contributed by atoms with Crippen LogP contribution in [0.2, 0.25) is 0 Å². The summed E-state index contributed by atoms with van der Waals surface area (Å²) >= 11 is 0. The minimum Gasteiger partial charge on any atom is -0.497 e. The fourth-order valence-corrected chi connectivity index (χ4v) is 4.52. The predicted molar refractivity (Wildman–Crippen MR) is 91.8 cm³/mol. The van der Waals surface area contributed by atoms with Crippen LogP contribution in [0.3, 0.4) is 0 Å². The van der Waals surface area contributed by atoms with Crippen LogP contribution >= 0.6 is 0 Å². The number of benzene rings is 1. The second kappa shape index (κ2) is 7.77. The summed E-state index contributed by atoms with van der Waals surface area (Å²) in [5.74, 6) is 3.27. The van der Waals surface area contributed by atoms with E-state index >= 15 is 0 Å². The Bertz CT molecular complexity index is 645. The summed E-state index contributed by atoms with van der Waals surface area (Å²) in [4.78, 5) is 4.47.